The first-order valence-electron chi connectivity index (χ1n) is 5.68. The van der Waals surface area contributed by atoms with Gasteiger partial charge in [-0.25, -0.2) is 0 Å². The smallest absolute Gasteiger partial charge is 0.309 e. The molecule has 5 heteroatoms. The van der Waals surface area contributed by atoms with Gasteiger partial charge in [0, 0.05) is 6.54 Å². The van der Waals surface area contributed by atoms with Crippen LogP contribution in [0.4, 0.5) is 0 Å². The summed E-state index contributed by atoms with van der Waals surface area (Å²) < 4.78 is 5.03. The number of amides is 2. The van der Waals surface area contributed by atoms with Gasteiger partial charge in [-0.05, 0) is 24.5 Å². The van der Waals surface area contributed by atoms with Crippen LogP contribution in [-0.4, -0.2) is 18.4 Å². The van der Waals surface area contributed by atoms with Crippen molar-refractivity contribution in [3.05, 3.63) is 24.2 Å². The van der Waals surface area contributed by atoms with Gasteiger partial charge >= 0.3 is 11.8 Å². The molecule has 1 aromatic heterocycles. The predicted octanol–water partition coefficient (Wildman–Crippen LogP) is 1.06. The molecule has 0 aromatic carbocycles. The van der Waals surface area contributed by atoms with Crippen molar-refractivity contribution in [1.29, 1.82) is 0 Å². The fraction of sp³-hybridized carbons (Fsp3) is 0.500. The Bertz CT molecular complexity index is 358. The molecule has 0 unspecified atom stereocenters. The van der Waals surface area contributed by atoms with Crippen molar-refractivity contribution in [2.45, 2.75) is 26.8 Å². The summed E-state index contributed by atoms with van der Waals surface area (Å²) in [4.78, 5) is 22.7. The molecule has 0 aliphatic rings. The lowest BCUT2D eigenvalue weighted by Gasteiger charge is -2.07. The molecule has 0 saturated heterocycles. The maximum absolute atomic E-state index is 11.3. The van der Waals surface area contributed by atoms with Crippen LogP contribution in [0.3, 0.4) is 0 Å². The van der Waals surface area contributed by atoms with Crippen LogP contribution in [0.25, 0.3) is 0 Å². The lowest BCUT2D eigenvalue weighted by atomic mass is 10.1. The average molecular weight is 238 g/mol. The highest BCUT2D eigenvalue weighted by Gasteiger charge is 2.12. The van der Waals surface area contributed by atoms with Gasteiger partial charge in [0.2, 0.25) is 0 Å². The van der Waals surface area contributed by atoms with Gasteiger partial charge in [0.15, 0.2) is 0 Å². The second-order valence-corrected chi connectivity index (χ2v) is 4.20. The zero-order valence-corrected chi connectivity index (χ0v) is 10.2. The number of hydrogen-bond acceptors (Lipinski definition) is 3. The zero-order valence-electron chi connectivity index (χ0n) is 10.2. The van der Waals surface area contributed by atoms with E-state index in [0.717, 1.165) is 6.42 Å². The minimum absolute atomic E-state index is 0.226. The van der Waals surface area contributed by atoms with Crippen molar-refractivity contribution in [3.63, 3.8) is 0 Å². The van der Waals surface area contributed by atoms with Crippen LogP contribution in [0.1, 0.15) is 26.0 Å². The molecule has 0 spiro atoms. The Morgan fingerprint density at radius 1 is 1.29 bits per heavy atom. The topological polar surface area (TPSA) is 71.3 Å². The second kappa shape index (κ2) is 6.73. The fourth-order valence-corrected chi connectivity index (χ4v) is 1.22. The number of nitrogens with one attached hydrogen (secondary N) is 2. The van der Waals surface area contributed by atoms with E-state index in [9.17, 15) is 9.59 Å². The largest absolute Gasteiger partial charge is 0.467 e. The van der Waals surface area contributed by atoms with E-state index in [1.54, 1.807) is 12.1 Å². The summed E-state index contributed by atoms with van der Waals surface area (Å²) in [7, 11) is 0. The third-order valence-electron chi connectivity index (χ3n) is 2.22. The summed E-state index contributed by atoms with van der Waals surface area (Å²) in [5.74, 6) is -0.114. The molecule has 1 aromatic rings. The third kappa shape index (κ3) is 5.19. The van der Waals surface area contributed by atoms with Crippen LogP contribution in [0.2, 0.25) is 0 Å². The molecule has 2 amide bonds. The SMILES string of the molecule is CC(C)CCNC(=O)C(=O)NCc1ccco1. The van der Waals surface area contributed by atoms with Gasteiger partial charge in [0.05, 0.1) is 12.8 Å². The Morgan fingerprint density at radius 2 is 2.00 bits per heavy atom. The molecule has 0 aliphatic carbocycles. The molecule has 17 heavy (non-hydrogen) atoms. The number of carbonyl (C=O) groups is 2. The van der Waals surface area contributed by atoms with E-state index in [2.05, 4.69) is 24.5 Å². The van der Waals surface area contributed by atoms with Crippen LogP contribution < -0.4 is 10.6 Å². The molecule has 0 atom stereocenters. The van der Waals surface area contributed by atoms with E-state index >= 15 is 0 Å². The van der Waals surface area contributed by atoms with E-state index < -0.39 is 11.8 Å². The fourth-order valence-electron chi connectivity index (χ4n) is 1.22. The molecule has 0 aliphatic heterocycles. The number of furan rings is 1. The predicted molar refractivity (Wildman–Crippen MR) is 63.0 cm³/mol. The van der Waals surface area contributed by atoms with E-state index in [4.69, 9.17) is 4.42 Å². The molecule has 1 heterocycles. The van der Waals surface area contributed by atoms with Crippen molar-refractivity contribution in [2.24, 2.45) is 5.92 Å². The van der Waals surface area contributed by atoms with E-state index in [1.165, 1.54) is 6.26 Å². The van der Waals surface area contributed by atoms with Crippen LogP contribution in [0.5, 0.6) is 0 Å². The maximum Gasteiger partial charge on any atom is 0.309 e. The second-order valence-electron chi connectivity index (χ2n) is 4.20. The van der Waals surface area contributed by atoms with Crippen LogP contribution in [0.15, 0.2) is 22.8 Å². The standard InChI is InChI=1S/C12H18N2O3/c1-9(2)5-6-13-11(15)12(16)14-8-10-4-3-7-17-10/h3-4,7,9H,5-6,8H2,1-2H3,(H,13,15)(H,14,16). The van der Waals surface area contributed by atoms with Gasteiger partial charge in [0.25, 0.3) is 0 Å². The van der Waals surface area contributed by atoms with Gasteiger partial charge in [-0.1, -0.05) is 13.8 Å². The Labute approximate surface area is 101 Å². The Kier molecular flexibility index (Phi) is 5.26. The molecule has 2 N–H and O–H groups in total. The van der Waals surface area contributed by atoms with Crippen molar-refractivity contribution in [3.8, 4) is 0 Å². The summed E-state index contributed by atoms with van der Waals surface area (Å²) in [6.45, 7) is 4.86. The van der Waals surface area contributed by atoms with E-state index in [-0.39, 0.29) is 6.54 Å². The molecule has 0 radical (unpaired) electrons. The highest BCUT2D eigenvalue weighted by atomic mass is 16.3. The number of carbonyl (C=O) groups excluding carboxylic acids is 2. The summed E-state index contributed by atoms with van der Waals surface area (Å²) >= 11 is 0. The highest BCUT2D eigenvalue weighted by Crippen LogP contribution is 1.98. The van der Waals surface area contributed by atoms with Crippen molar-refractivity contribution < 1.29 is 14.0 Å². The third-order valence-corrected chi connectivity index (χ3v) is 2.22. The molecule has 0 fully saturated rings. The lowest BCUT2D eigenvalue weighted by Crippen LogP contribution is -2.40. The molecular formula is C12H18N2O3. The molecule has 5 nitrogen and oxygen atoms in total. The molecular weight excluding hydrogens is 220 g/mol. The molecule has 1 rings (SSSR count). The van der Waals surface area contributed by atoms with Gasteiger partial charge in [-0.3, -0.25) is 9.59 Å². The normalized spacial score (nSPS) is 10.3. The monoisotopic (exact) mass is 238 g/mol. The van der Waals surface area contributed by atoms with Crippen LogP contribution >= 0.6 is 0 Å². The minimum atomic E-state index is -0.634. The maximum atomic E-state index is 11.3. The molecule has 0 saturated carbocycles. The number of hydrogen-bond donors (Lipinski definition) is 2. The summed E-state index contributed by atoms with van der Waals surface area (Å²) in [5, 5.41) is 5.04. The summed E-state index contributed by atoms with van der Waals surface area (Å²) in [5.41, 5.74) is 0. The first-order valence-corrected chi connectivity index (χ1v) is 5.68. The van der Waals surface area contributed by atoms with Gasteiger partial charge in [-0.15, -0.1) is 0 Å². The average Bonchev–Trinajstić information content (AvgIpc) is 2.78. The van der Waals surface area contributed by atoms with Crippen LogP contribution in [0, 0.1) is 5.92 Å². The van der Waals surface area contributed by atoms with E-state index in [0.29, 0.717) is 18.2 Å². The Hall–Kier alpha value is -1.78. The molecule has 94 valence electrons. The summed E-state index contributed by atoms with van der Waals surface area (Å²) in [6, 6.07) is 3.46. The zero-order chi connectivity index (χ0) is 12.7. The molecule has 0 bridgehead atoms. The van der Waals surface area contributed by atoms with Gasteiger partial charge in [0.1, 0.15) is 5.76 Å². The Morgan fingerprint density at radius 3 is 2.59 bits per heavy atom. The number of rotatable bonds is 5. The van der Waals surface area contributed by atoms with Crippen molar-refractivity contribution in [2.75, 3.05) is 6.54 Å². The first-order chi connectivity index (χ1) is 8.09. The van der Waals surface area contributed by atoms with Crippen molar-refractivity contribution in [1.82, 2.24) is 10.6 Å². The van der Waals surface area contributed by atoms with E-state index in [1.807, 2.05) is 0 Å². The van der Waals surface area contributed by atoms with Crippen molar-refractivity contribution >= 4 is 11.8 Å². The first kappa shape index (κ1) is 13.3. The lowest BCUT2D eigenvalue weighted by molar-refractivity contribution is -0.139. The Balaban J connectivity index is 2.20. The summed E-state index contributed by atoms with van der Waals surface area (Å²) in [6.07, 6.45) is 2.38. The quantitative estimate of drug-likeness (QED) is 0.753. The van der Waals surface area contributed by atoms with Gasteiger partial charge in [-0.2, -0.15) is 0 Å². The minimum Gasteiger partial charge on any atom is -0.467 e. The van der Waals surface area contributed by atoms with Crippen LogP contribution in [-0.2, 0) is 16.1 Å². The highest BCUT2D eigenvalue weighted by molar-refractivity contribution is 6.35. The van der Waals surface area contributed by atoms with Gasteiger partial charge < -0.3 is 15.1 Å².